The number of aliphatic hydroxyl groups excluding tert-OH is 1. The van der Waals surface area contributed by atoms with Crippen molar-refractivity contribution in [2.24, 2.45) is 0 Å². The van der Waals surface area contributed by atoms with Gasteiger partial charge in [-0.3, -0.25) is 0 Å². The second kappa shape index (κ2) is 7.93. The Morgan fingerprint density at radius 1 is 0.931 bits per heavy atom. The van der Waals surface area contributed by atoms with Gasteiger partial charge in [-0.2, -0.15) is 5.26 Å². The smallest absolute Gasteiger partial charge is 0.127 e. The number of benzene rings is 3. The third-order valence-corrected chi connectivity index (χ3v) is 4.67. The first-order valence-corrected chi connectivity index (χ1v) is 9.14. The Bertz CT molecular complexity index is 1170. The highest BCUT2D eigenvalue weighted by molar-refractivity contribution is 5.78. The van der Waals surface area contributed by atoms with Crippen LogP contribution in [0.25, 0.3) is 16.8 Å². The molecule has 1 heterocycles. The number of hydrogen-bond acceptors (Lipinski definition) is 4. The summed E-state index contributed by atoms with van der Waals surface area (Å²) in [4.78, 5) is 0. The maximum absolute atomic E-state index is 9.66. The van der Waals surface area contributed by atoms with Crippen molar-refractivity contribution in [1.82, 2.24) is 4.57 Å². The lowest BCUT2D eigenvalue weighted by atomic mass is 10.0. The van der Waals surface area contributed by atoms with Crippen LogP contribution >= 0.6 is 0 Å². The SMILES string of the molecule is N#Cc1c(-c2ccc(Oc3ccccc3)cc2)cn(-c2cccc(CO)c2)c1N. The van der Waals surface area contributed by atoms with Gasteiger partial charge in [-0.15, -0.1) is 0 Å². The number of nitrogen functional groups attached to an aromatic ring is 1. The molecule has 0 aliphatic carbocycles. The molecule has 0 saturated heterocycles. The van der Waals surface area contributed by atoms with Crippen LogP contribution in [0.2, 0.25) is 0 Å². The predicted octanol–water partition coefficient (Wildman–Crippen LogP) is 4.88. The Morgan fingerprint density at radius 2 is 1.66 bits per heavy atom. The highest BCUT2D eigenvalue weighted by Gasteiger charge is 2.16. The van der Waals surface area contributed by atoms with Crippen LogP contribution in [0.5, 0.6) is 11.5 Å². The summed E-state index contributed by atoms with van der Waals surface area (Å²) in [5.74, 6) is 1.83. The molecule has 1 aromatic heterocycles. The molecule has 3 N–H and O–H groups in total. The Balaban J connectivity index is 1.69. The van der Waals surface area contributed by atoms with Crippen LogP contribution in [0, 0.1) is 11.3 Å². The standard InChI is InChI=1S/C24H19N3O2/c25-14-22-23(15-27(24(22)26)19-6-4-5-17(13-19)16-28)18-9-11-21(12-10-18)29-20-7-2-1-3-8-20/h1-13,15,28H,16,26H2. The number of nitrogens with zero attached hydrogens (tertiary/aromatic N) is 2. The van der Waals surface area contributed by atoms with Gasteiger partial charge in [-0.25, -0.2) is 0 Å². The van der Waals surface area contributed by atoms with Crippen LogP contribution in [0.3, 0.4) is 0 Å². The lowest BCUT2D eigenvalue weighted by Crippen LogP contribution is -2.00. The lowest BCUT2D eigenvalue weighted by molar-refractivity contribution is 0.282. The molecular weight excluding hydrogens is 362 g/mol. The van der Waals surface area contributed by atoms with Gasteiger partial charge in [0.25, 0.3) is 0 Å². The van der Waals surface area contributed by atoms with E-state index in [0.29, 0.717) is 17.1 Å². The van der Waals surface area contributed by atoms with Gasteiger partial charge >= 0.3 is 0 Å². The Kier molecular flexibility index (Phi) is 5.02. The number of rotatable bonds is 5. The quantitative estimate of drug-likeness (QED) is 0.516. The summed E-state index contributed by atoms with van der Waals surface area (Å²) in [7, 11) is 0. The van der Waals surface area contributed by atoms with E-state index in [1.165, 1.54) is 0 Å². The van der Waals surface area contributed by atoms with Crippen molar-refractivity contribution in [3.05, 3.63) is 96.2 Å². The van der Waals surface area contributed by atoms with Crippen molar-refractivity contribution in [3.8, 4) is 34.4 Å². The minimum atomic E-state index is -0.0597. The van der Waals surface area contributed by atoms with Gasteiger partial charge in [-0.1, -0.05) is 42.5 Å². The number of aliphatic hydroxyl groups is 1. The minimum Gasteiger partial charge on any atom is -0.457 e. The molecule has 0 fully saturated rings. The van der Waals surface area contributed by atoms with E-state index in [-0.39, 0.29) is 6.61 Å². The summed E-state index contributed by atoms with van der Waals surface area (Å²) < 4.78 is 7.60. The molecule has 0 aliphatic rings. The molecule has 0 atom stereocenters. The van der Waals surface area contributed by atoms with Gasteiger partial charge in [0.2, 0.25) is 0 Å². The molecule has 4 aromatic rings. The van der Waals surface area contributed by atoms with Gasteiger partial charge < -0.3 is 20.1 Å². The number of aromatic nitrogens is 1. The second-order valence-corrected chi connectivity index (χ2v) is 6.55. The fourth-order valence-electron chi connectivity index (χ4n) is 3.20. The highest BCUT2D eigenvalue weighted by atomic mass is 16.5. The van der Waals surface area contributed by atoms with E-state index in [0.717, 1.165) is 28.1 Å². The zero-order valence-electron chi connectivity index (χ0n) is 15.6. The number of ether oxygens (including phenoxy) is 1. The van der Waals surface area contributed by atoms with Crippen LogP contribution in [0.15, 0.2) is 85.1 Å². The first-order chi connectivity index (χ1) is 14.2. The molecule has 5 nitrogen and oxygen atoms in total. The van der Waals surface area contributed by atoms with Gasteiger partial charge in [0.15, 0.2) is 0 Å². The average Bonchev–Trinajstić information content (AvgIpc) is 3.11. The summed E-state index contributed by atoms with van der Waals surface area (Å²) in [6.45, 7) is -0.0597. The highest BCUT2D eigenvalue weighted by Crippen LogP contribution is 2.33. The van der Waals surface area contributed by atoms with Crippen LogP contribution in [0.1, 0.15) is 11.1 Å². The Hall–Kier alpha value is -4.01. The van der Waals surface area contributed by atoms with Crippen molar-refractivity contribution < 1.29 is 9.84 Å². The van der Waals surface area contributed by atoms with E-state index in [1.54, 1.807) is 4.57 Å². The van der Waals surface area contributed by atoms with Gasteiger partial charge in [0.1, 0.15) is 28.9 Å². The molecule has 0 amide bonds. The molecule has 0 radical (unpaired) electrons. The van der Waals surface area contributed by atoms with E-state index >= 15 is 0 Å². The Morgan fingerprint density at radius 3 is 2.34 bits per heavy atom. The maximum atomic E-state index is 9.66. The fourth-order valence-corrected chi connectivity index (χ4v) is 3.20. The topological polar surface area (TPSA) is 84.2 Å². The summed E-state index contributed by atoms with van der Waals surface area (Å²) >= 11 is 0. The monoisotopic (exact) mass is 381 g/mol. The first-order valence-electron chi connectivity index (χ1n) is 9.14. The molecule has 0 bridgehead atoms. The van der Waals surface area contributed by atoms with E-state index < -0.39 is 0 Å². The predicted molar refractivity (Wildman–Crippen MR) is 113 cm³/mol. The van der Waals surface area contributed by atoms with Gasteiger partial charge in [0, 0.05) is 17.4 Å². The number of nitriles is 1. The van der Waals surface area contributed by atoms with E-state index in [1.807, 2.05) is 85.1 Å². The van der Waals surface area contributed by atoms with Gasteiger partial charge in [-0.05, 0) is 47.5 Å². The molecule has 142 valence electrons. The van der Waals surface area contributed by atoms with E-state index in [9.17, 15) is 10.4 Å². The summed E-state index contributed by atoms with van der Waals surface area (Å²) in [6.07, 6.45) is 1.84. The summed E-state index contributed by atoms with van der Waals surface area (Å²) in [5, 5.41) is 19.1. The van der Waals surface area contributed by atoms with E-state index in [2.05, 4.69) is 6.07 Å². The molecule has 3 aromatic carbocycles. The fraction of sp³-hybridized carbons (Fsp3) is 0.0417. The molecule has 0 aliphatic heterocycles. The Labute approximate surface area is 168 Å². The zero-order chi connectivity index (χ0) is 20.2. The third kappa shape index (κ3) is 3.70. The molecule has 0 unspecified atom stereocenters. The maximum Gasteiger partial charge on any atom is 0.127 e. The number of para-hydroxylation sites is 1. The lowest BCUT2D eigenvalue weighted by Gasteiger charge is -2.07. The van der Waals surface area contributed by atoms with Gasteiger partial charge in [0.05, 0.1) is 6.61 Å². The van der Waals surface area contributed by atoms with Crippen molar-refractivity contribution in [2.45, 2.75) is 6.61 Å². The summed E-state index contributed by atoms with van der Waals surface area (Å²) in [5.41, 5.74) is 9.85. The number of anilines is 1. The second-order valence-electron chi connectivity index (χ2n) is 6.55. The third-order valence-electron chi connectivity index (χ3n) is 4.67. The number of hydrogen-bond donors (Lipinski definition) is 2. The molecular formula is C24H19N3O2. The number of nitrogens with two attached hydrogens (primary N) is 1. The largest absolute Gasteiger partial charge is 0.457 e. The van der Waals surface area contributed by atoms with Crippen LogP contribution in [0.4, 0.5) is 5.82 Å². The van der Waals surface area contributed by atoms with Crippen molar-refractivity contribution in [3.63, 3.8) is 0 Å². The van der Waals surface area contributed by atoms with Crippen molar-refractivity contribution >= 4 is 5.82 Å². The zero-order valence-corrected chi connectivity index (χ0v) is 15.6. The minimum absolute atomic E-state index is 0.0597. The van der Waals surface area contributed by atoms with Crippen molar-refractivity contribution in [1.29, 1.82) is 5.26 Å². The summed E-state index contributed by atoms with van der Waals surface area (Å²) in [6, 6.07) is 26.7. The molecule has 0 spiro atoms. The molecule has 4 rings (SSSR count). The normalized spacial score (nSPS) is 10.5. The average molecular weight is 381 g/mol. The van der Waals surface area contributed by atoms with Crippen LogP contribution in [-0.2, 0) is 6.61 Å². The molecule has 0 saturated carbocycles. The van der Waals surface area contributed by atoms with Crippen LogP contribution in [-0.4, -0.2) is 9.67 Å². The molecule has 29 heavy (non-hydrogen) atoms. The van der Waals surface area contributed by atoms with Crippen molar-refractivity contribution in [2.75, 3.05) is 5.73 Å². The first kappa shape index (κ1) is 18.4. The van der Waals surface area contributed by atoms with Crippen LogP contribution < -0.4 is 10.5 Å². The van der Waals surface area contributed by atoms with E-state index in [4.69, 9.17) is 10.5 Å². The molecule has 5 heteroatoms.